The van der Waals surface area contributed by atoms with Crippen molar-refractivity contribution in [3.05, 3.63) is 97.2 Å². The van der Waals surface area contributed by atoms with E-state index in [4.69, 9.17) is 13.8 Å². The molecule has 0 fully saturated rings. The second-order valence-electron chi connectivity index (χ2n) is 14.9. The molecule has 0 radical (unpaired) electrons. The maximum atomic E-state index is 12.3. The quantitative estimate of drug-likeness (QED) is 0.0201. The zero-order valence-corrected chi connectivity index (χ0v) is 38.3. The van der Waals surface area contributed by atoms with Crippen molar-refractivity contribution >= 4 is 25.7 Å². The second kappa shape index (κ2) is 43.1. The third-order valence-corrected chi connectivity index (χ3v) is 10.1. The molecule has 11 nitrogen and oxygen atoms in total. The van der Waals surface area contributed by atoms with Gasteiger partial charge < -0.3 is 25.2 Å². The number of carbonyl (C=O) groups excluding carboxylic acids is 2. The molecule has 0 heterocycles. The molecule has 4 N–H and O–H groups in total. The lowest BCUT2D eigenvalue weighted by molar-refractivity contribution is -0.147. The van der Waals surface area contributed by atoms with E-state index in [1.54, 1.807) is 0 Å². The average molecular weight is 874 g/mol. The van der Waals surface area contributed by atoms with Crippen LogP contribution in [0.2, 0.25) is 0 Å². The summed E-state index contributed by atoms with van der Waals surface area (Å²) in [5, 5.41) is 21.8. The second-order valence-corrected chi connectivity index (χ2v) is 16.3. The zero-order valence-electron chi connectivity index (χ0n) is 37.4. The molecule has 0 aliphatic heterocycles. The van der Waals surface area contributed by atoms with Crippen LogP contribution in [0.1, 0.15) is 162 Å². The number of rotatable bonds is 41. The molecule has 3 unspecified atom stereocenters. The molecule has 0 aromatic heterocycles. The average Bonchev–Trinajstić information content (AvgIpc) is 3.24. The standard InChI is InChI=1S/C49H80NO10P/c1-3-5-7-9-11-13-15-17-19-21-23-25-27-29-31-33-35-37-39-41-48(53)58-42-45(51)43-59-61(56,57)60-44-46(49(54)55)50-47(52)40-38-36-34-32-30-28-26-24-22-20-18-16-14-12-10-8-6-4-2/h5,7,11,13-14,16-17,19-20,22-23,25,29,31,35,37,45-46,51H,3-4,6,8-10,12,15,18,21,24,26-28,30,32-34,36,38-44H2,1-2H3,(H,50,52)(H,54,55)(H,56,57)/b7-5-,13-11-,16-14-,19-17-,22-20-,25-23-,31-29-,37-35-. The first-order valence-corrected chi connectivity index (χ1v) is 24.3. The number of hydrogen-bond acceptors (Lipinski definition) is 8. The molecular formula is C49H80NO10P. The first-order chi connectivity index (χ1) is 29.6. The Bertz CT molecular complexity index is 1400. The van der Waals surface area contributed by atoms with Gasteiger partial charge in [-0.3, -0.25) is 18.6 Å². The van der Waals surface area contributed by atoms with Crippen molar-refractivity contribution in [2.24, 2.45) is 0 Å². The van der Waals surface area contributed by atoms with Gasteiger partial charge in [-0.2, -0.15) is 0 Å². The van der Waals surface area contributed by atoms with Crippen LogP contribution in [0.15, 0.2) is 97.2 Å². The molecule has 3 atom stereocenters. The highest BCUT2D eigenvalue weighted by molar-refractivity contribution is 7.47. The monoisotopic (exact) mass is 874 g/mol. The minimum absolute atomic E-state index is 0.0932. The third-order valence-electron chi connectivity index (χ3n) is 9.12. The number of amides is 1. The fraction of sp³-hybridized carbons (Fsp3) is 0.612. The highest BCUT2D eigenvalue weighted by Gasteiger charge is 2.28. The zero-order chi connectivity index (χ0) is 44.9. The smallest absolute Gasteiger partial charge is 0.472 e. The first-order valence-electron chi connectivity index (χ1n) is 22.8. The number of carboxylic acid groups (broad SMARTS) is 1. The number of ether oxygens (including phenoxy) is 1. The number of unbranched alkanes of at least 4 members (excludes halogenated alkanes) is 11. The summed E-state index contributed by atoms with van der Waals surface area (Å²) in [5.74, 6) is -2.49. The molecule has 1 amide bonds. The lowest BCUT2D eigenvalue weighted by Gasteiger charge is -2.18. The van der Waals surface area contributed by atoms with E-state index in [0.29, 0.717) is 12.8 Å². The Morgan fingerprint density at radius 2 is 0.967 bits per heavy atom. The fourth-order valence-electron chi connectivity index (χ4n) is 5.60. The molecule has 0 aromatic rings. The van der Waals surface area contributed by atoms with Crippen molar-refractivity contribution in [3.8, 4) is 0 Å². The van der Waals surface area contributed by atoms with Gasteiger partial charge in [0.1, 0.15) is 12.7 Å². The van der Waals surface area contributed by atoms with Gasteiger partial charge in [-0.1, -0.05) is 162 Å². The summed E-state index contributed by atoms with van der Waals surface area (Å²) in [5.41, 5.74) is 0. The van der Waals surface area contributed by atoms with Crippen LogP contribution in [0.3, 0.4) is 0 Å². The number of nitrogens with one attached hydrogen (secondary N) is 1. The SMILES string of the molecule is CC/C=C\C/C=C\C/C=C\C/C=C\C/C=C\C/C=C\CCC(=O)OCC(O)COP(=O)(O)OCC(NC(=O)CCCCCCCCC/C=C\C/C=C\CCCCCC)C(=O)O. The summed E-state index contributed by atoms with van der Waals surface area (Å²) in [7, 11) is -4.78. The number of aliphatic carboxylic acids is 1. The van der Waals surface area contributed by atoms with Crippen LogP contribution in [0, 0.1) is 0 Å². The van der Waals surface area contributed by atoms with E-state index in [-0.39, 0.29) is 12.8 Å². The van der Waals surface area contributed by atoms with Crippen LogP contribution in [0.5, 0.6) is 0 Å². The molecule has 0 saturated heterocycles. The maximum Gasteiger partial charge on any atom is 0.472 e. The summed E-state index contributed by atoms with van der Waals surface area (Å²) in [6, 6.07) is -1.57. The number of phosphoric acid groups is 1. The van der Waals surface area contributed by atoms with Gasteiger partial charge in [0.05, 0.1) is 13.2 Å². The van der Waals surface area contributed by atoms with Gasteiger partial charge in [-0.25, -0.2) is 9.36 Å². The lowest BCUT2D eigenvalue weighted by Crippen LogP contribution is -2.43. The van der Waals surface area contributed by atoms with Crippen LogP contribution >= 0.6 is 7.82 Å². The van der Waals surface area contributed by atoms with Crippen molar-refractivity contribution in [1.82, 2.24) is 5.32 Å². The van der Waals surface area contributed by atoms with Gasteiger partial charge in [0, 0.05) is 12.8 Å². The Morgan fingerprint density at radius 1 is 0.541 bits per heavy atom. The van der Waals surface area contributed by atoms with E-state index in [0.717, 1.165) is 89.9 Å². The molecule has 346 valence electrons. The van der Waals surface area contributed by atoms with Crippen molar-refractivity contribution < 1.29 is 47.8 Å². The van der Waals surface area contributed by atoms with Crippen LogP contribution in [-0.2, 0) is 32.7 Å². The summed E-state index contributed by atoms with van der Waals surface area (Å²) < 4.78 is 26.8. The number of allylic oxidation sites excluding steroid dienone is 16. The van der Waals surface area contributed by atoms with Crippen molar-refractivity contribution in [3.63, 3.8) is 0 Å². The molecule has 12 heteroatoms. The number of carbonyl (C=O) groups is 3. The van der Waals surface area contributed by atoms with E-state index in [9.17, 15) is 34.1 Å². The van der Waals surface area contributed by atoms with Gasteiger partial charge in [0.25, 0.3) is 0 Å². The Labute approximate surface area is 368 Å². The third kappa shape index (κ3) is 42.9. The first kappa shape index (κ1) is 57.4. The lowest BCUT2D eigenvalue weighted by atomic mass is 10.1. The van der Waals surface area contributed by atoms with Gasteiger partial charge in [0.2, 0.25) is 5.91 Å². The predicted molar refractivity (Wildman–Crippen MR) is 249 cm³/mol. The molecule has 0 aliphatic rings. The summed E-state index contributed by atoms with van der Waals surface area (Å²) in [4.78, 5) is 45.9. The number of phosphoric ester groups is 1. The Hall–Kier alpha value is -3.60. The van der Waals surface area contributed by atoms with E-state index in [2.05, 4.69) is 98.2 Å². The van der Waals surface area contributed by atoms with E-state index >= 15 is 0 Å². The van der Waals surface area contributed by atoms with Crippen molar-refractivity contribution in [1.29, 1.82) is 0 Å². The molecule has 61 heavy (non-hydrogen) atoms. The Balaban J connectivity index is 4.01. The predicted octanol–water partition coefficient (Wildman–Crippen LogP) is 12.1. The van der Waals surface area contributed by atoms with Crippen molar-refractivity contribution in [2.45, 2.75) is 174 Å². The minimum Gasteiger partial charge on any atom is -0.480 e. The number of hydrogen-bond donors (Lipinski definition) is 4. The van der Waals surface area contributed by atoms with Crippen molar-refractivity contribution in [2.75, 3.05) is 19.8 Å². The molecule has 0 aliphatic carbocycles. The number of aliphatic hydroxyl groups excluding tert-OH is 1. The summed E-state index contributed by atoms with van der Waals surface area (Å²) >= 11 is 0. The van der Waals surface area contributed by atoms with Gasteiger partial charge in [0.15, 0.2) is 6.04 Å². The molecule has 0 saturated carbocycles. The Kier molecular flexibility index (Phi) is 40.5. The van der Waals surface area contributed by atoms with Crippen LogP contribution in [0.25, 0.3) is 0 Å². The Morgan fingerprint density at radius 3 is 1.46 bits per heavy atom. The number of esters is 1. The van der Waals surface area contributed by atoms with Crippen LogP contribution in [0.4, 0.5) is 0 Å². The molecule has 0 rings (SSSR count). The topological polar surface area (TPSA) is 169 Å². The highest BCUT2D eigenvalue weighted by Crippen LogP contribution is 2.43. The van der Waals surface area contributed by atoms with Gasteiger partial charge in [-0.05, 0) is 83.5 Å². The largest absolute Gasteiger partial charge is 0.480 e. The van der Waals surface area contributed by atoms with Crippen LogP contribution < -0.4 is 5.32 Å². The minimum atomic E-state index is -4.78. The van der Waals surface area contributed by atoms with E-state index in [1.165, 1.54) is 32.1 Å². The fourth-order valence-corrected chi connectivity index (χ4v) is 6.38. The normalized spacial score (nSPS) is 14.6. The highest BCUT2D eigenvalue weighted by atomic mass is 31.2. The van der Waals surface area contributed by atoms with E-state index in [1.807, 2.05) is 18.2 Å². The van der Waals surface area contributed by atoms with Gasteiger partial charge in [-0.15, -0.1) is 0 Å². The molecule has 0 aromatic carbocycles. The molecule has 0 spiro atoms. The van der Waals surface area contributed by atoms with E-state index < -0.39 is 57.6 Å². The number of carboxylic acids is 1. The summed E-state index contributed by atoms with van der Waals surface area (Å²) in [6.45, 7) is 2.37. The number of aliphatic hydroxyl groups is 1. The molecular weight excluding hydrogens is 794 g/mol. The maximum absolute atomic E-state index is 12.3. The molecule has 0 bridgehead atoms. The van der Waals surface area contributed by atoms with Crippen LogP contribution in [-0.4, -0.2) is 64.9 Å². The van der Waals surface area contributed by atoms with Gasteiger partial charge >= 0.3 is 19.8 Å². The summed E-state index contributed by atoms with van der Waals surface area (Å²) in [6.07, 6.45) is 54.4.